The molecule has 12 heavy (non-hydrogen) atoms. The van der Waals surface area contributed by atoms with Crippen molar-refractivity contribution in [1.82, 2.24) is 0 Å². The number of aliphatic hydroxyl groups is 1. The first-order valence-corrected chi connectivity index (χ1v) is 4.23. The second kappa shape index (κ2) is 4.45. The first-order chi connectivity index (χ1) is 5.74. The molecule has 0 spiro atoms. The molecule has 0 saturated carbocycles. The minimum atomic E-state index is -0.0905. The molecule has 0 saturated heterocycles. The molecule has 66 valence electrons. The summed E-state index contributed by atoms with van der Waals surface area (Å²) in [6.45, 7) is 0.115. The Morgan fingerprint density at radius 2 is 1.92 bits per heavy atom. The molecule has 2 nitrogen and oxygen atoms in total. The van der Waals surface area contributed by atoms with Crippen LogP contribution in [0.15, 0.2) is 24.3 Å². The molecule has 0 heterocycles. The number of hydrogen-bond acceptors (Lipinski definition) is 2. The highest BCUT2D eigenvalue weighted by Gasteiger charge is 2.03. The van der Waals surface area contributed by atoms with Crippen molar-refractivity contribution in [2.24, 2.45) is 5.73 Å². The molecular weight excluding hydrogens is 174 g/mol. The fraction of sp³-hybridized carbons (Fsp3) is 0.333. The van der Waals surface area contributed by atoms with Gasteiger partial charge in [0.2, 0.25) is 0 Å². The van der Waals surface area contributed by atoms with E-state index in [1.54, 1.807) is 12.1 Å². The largest absolute Gasteiger partial charge is 0.396 e. The van der Waals surface area contributed by atoms with Gasteiger partial charge >= 0.3 is 0 Å². The summed E-state index contributed by atoms with van der Waals surface area (Å²) >= 11 is 5.70. The predicted molar refractivity (Wildman–Crippen MR) is 50.1 cm³/mol. The number of nitrogens with two attached hydrogens (primary N) is 1. The highest BCUT2D eigenvalue weighted by Crippen LogP contribution is 2.16. The molecule has 1 rings (SSSR count). The average molecular weight is 186 g/mol. The van der Waals surface area contributed by atoms with Gasteiger partial charge in [0.15, 0.2) is 0 Å². The highest BCUT2D eigenvalue weighted by molar-refractivity contribution is 6.30. The summed E-state index contributed by atoms with van der Waals surface area (Å²) in [5.41, 5.74) is 6.76. The van der Waals surface area contributed by atoms with Gasteiger partial charge in [-0.15, -0.1) is 0 Å². The summed E-state index contributed by atoms with van der Waals surface area (Å²) in [4.78, 5) is 0. The van der Waals surface area contributed by atoms with E-state index >= 15 is 0 Å². The predicted octanol–water partition coefficient (Wildman–Crippen LogP) is 1.72. The van der Waals surface area contributed by atoms with E-state index in [4.69, 9.17) is 22.4 Å². The lowest BCUT2D eigenvalue weighted by molar-refractivity contribution is 0.276. The standard InChI is InChI=1S/C9H12ClNO/c10-8-3-1-7(2-4-8)9(11)5-6-12/h1-4,9,12H,5-6,11H2/t9-/m1/s1. The van der Waals surface area contributed by atoms with Crippen LogP contribution in [0, 0.1) is 0 Å². The smallest absolute Gasteiger partial charge is 0.0449 e. The van der Waals surface area contributed by atoms with Gasteiger partial charge in [-0.05, 0) is 24.1 Å². The minimum absolute atomic E-state index is 0.0905. The van der Waals surface area contributed by atoms with Crippen molar-refractivity contribution in [2.45, 2.75) is 12.5 Å². The summed E-state index contributed by atoms with van der Waals surface area (Å²) in [6.07, 6.45) is 0.585. The van der Waals surface area contributed by atoms with Gasteiger partial charge in [0.25, 0.3) is 0 Å². The lowest BCUT2D eigenvalue weighted by Gasteiger charge is -2.09. The number of hydrogen-bond donors (Lipinski definition) is 2. The van der Waals surface area contributed by atoms with Crippen LogP contribution in [-0.2, 0) is 0 Å². The number of rotatable bonds is 3. The zero-order chi connectivity index (χ0) is 8.97. The van der Waals surface area contributed by atoms with Gasteiger partial charge in [-0.2, -0.15) is 0 Å². The Labute approximate surface area is 77.0 Å². The maximum atomic E-state index is 8.65. The van der Waals surface area contributed by atoms with Crippen molar-refractivity contribution >= 4 is 11.6 Å². The van der Waals surface area contributed by atoms with Crippen LogP contribution in [0.5, 0.6) is 0 Å². The third-order valence-corrected chi connectivity index (χ3v) is 1.99. The van der Waals surface area contributed by atoms with Crippen LogP contribution < -0.4 is 5.73 Å². The van der Waals surface area contributed by atoms with E-state index in [2.05, 4.69) is 0 Å². The molecule has 1 atom stereocenters. The lowest BCUT2D eigenvalue weighted by Crippen LogP contribution is -2.11. The maximum Gasteiger partial charge on any atom is 0.0449 e. The fourth-order valence-electron chi connectivity index (χ4n) is 1.02. The van der Waals surface area contributed by atoms with E-state index < -0.39 is 0 Å². The quantitative estimate of drug-likeness (QED) is 0.754. The van der Waals surface area contributed by atoms with Crippen molar-refractivity contribution in [3.8, 4) is 0 Å². The van der Waals surface area contributed by atoms with Crippen LogP contribution in [0.4, 0.5) is 0 Å². The van der Waals surface area contributed by atoms with E-state index in [1.807, 2.05) is 12.1 Å². The SMILES string of the molecule is N[C@H](CCO)c1ccc(Cl)cc1. The maximum absolute atomic E-state index is 8.65. The highest BCUT2D eigenvalue weighted by atomic mass is 35.5. The van der Waals surface area contributed by atoms with Crippen LogP contribution in [-0.4, -0.2) is 11.7 Å². The zero-order valence-electron chi connectivity index (χ0n) is 6.70. The molecule has 0 radical (unpaired) electrons. The molecule has 0 aromatic heterocycles. The Bertz CT molecular complexity index is 235. The van der Waals surface area contributed by atoms with Crippen LogP contribution in [0.2, 0.25) is 5.02 Å². The summed E-state index contributed by atoms with van der Waals surface area (Å²) in [6, 6.07) is 7.26. The summed E-state index contributed by atoms with van der Waals surface area (Å²) in [5, 5.41) is 9.35. The molecule has 1 aromatic carbocycles. The average Bonchev–Trinajstić information content (AvgIpc) is 2.06. The second-order valence-corrected chi connectivity index (χ2v) is 3.11. The van der Waals surface area contributed by atoms with E-state index in [0.29, 0.717) is 11.4 Å². The van der Waals surface area contributed by atoms with Gasteiger partial charge in [-0.3, -0.25) is 0 Å². The van der Waals surface area contributed by atoms with E-state index in [-0.39, 0.29) is 12.6 Å². The molecule has 3 heteroatoms. The van der Waals surface area contributed by atoms with Crippen molar-refractivity contribution < 1.29 is 5.11 Å². The zero-order valence-corrected chi connectivity index (χ0v) is 7.46. The number of benzene rings is 1. The molecule has 0 unspecified atom stereocenters. The Kier molecular flexibility index (Phi) is 3.53. The monoisotopic (exact) mass is 185 g/mol. The van der Waals surface area contributed by atoms with E-state index in [9.17, 15) is 0 Å². The van der Waals surface area contributed by atoms with E-state index in [1.165, 1.54) is 0 Å². The second-order valence-electron chi connectivity index (χ2n) is 2.67. The van der Waals surface area contributed by atoms with Crippen LogP contribution in [0.3, 0.4) is 0 Å². The van der Waals surface area contributed by atoms with Gasteiger partial charge in [0.05, 0.1) is 0 Å². The summed E-state index contributed by atoms with van der Waals surface area (Å²) in [5.74, 6) is 0. The molecule has 3 N–H and O–H groups in total. The molecular formula is C9H12ClNO. The Balaban J connectivity index is 2.68. The normalized spacial score (nSPS) is 12.9. The van der Waals surface area contributed by atoms with Gasteiger partial charge in [-0.25, -0.2) is 0 Å². The summed E-state index contributed by atoms with van der Waals surface area (Å²) in [7, 11) is 0. The van der Waals surface area contributed by atoms with Crippen LogP contribution >= 0.6 is 11.6 Å². The Morgan fingerprint density at radius 3 is 2.42 bits per heavy atom. The summed E-state index contributed by atoms with van der Waals surface area (Å²) < 4.78 is 0. The van der Waals surface area contributed by atoms with Crippen molar-refractivity contribution in [3.05, 3.63) is 34.9 Å². The lowest BCUT2D eigenvalue weighted by atomic mass is 10.1. The van der Waals surface area contributed by atoms with Crippen molar-refractivity contribution in [3.63, 3.8) is 0 Å². The molecule has 0 amide bonds. The first-order valence-electron chi connectivity index (χ1n) is 3.86. The first kappa shape index (κ1) is 9.52. The van der Waals surface area contributed by atoms with Crippen molar-refractivity contribution in [2.75, 3.05) is 6.61 Å². The Morgan fingerprint density at radius 1 is 1.33 bits per heavy atom. The molecule has 0 fully saturated rings. The van der Waals surface area contributed by atoms with Crippen LogP contribution in [0.25, 0.3) is 0 Å². The van der Waals surface area contributed by atoms with E-state index in [0.717, 1.165) is 5.56 Å². The van der Waals surface area contributed by atoms with Crippen molar-refractivity contribution in [1.29, 1.82) is 0 Å². The molecule has 0 aliphatic rings. The molecule has 0 bridgehead atoms. The Hall–Kier alpha value is -0.570. The fourth-order valence-corrected chi connectivity index (χ4v) is 1.14. The molecule has 0 aliphatic heterocycles. The van der Waals surface area contributed by atoms with Gasteiger partial charge in [0.1, 0.15) is 0 Å². The number of aliphatic hydroxyl groups excluding tert-OH is 1. The topological polar surface area (TPSA) is 46.2 Å². The van der Waals surface area contributed by atoms with Crippen LogP contribution in [0.1, 0.15) is 18.0 Å². The minimum Gasteiger partial charge on any atom is -0.396 e. The molecule has 0 aliphatic carbocycles. The third-order valence-electron chi connectivity index (χ3n) is 1.74. The van der Waals surface area contributed by atoms with Gasteiger partial charge < -0.3 is 10.8 Å². The third kappa shape index (κ3) is 2.48. The van der Waals surface area contributed by atoms with Gasteiger partial charge in [0, 0.05) is 17.7 Å². The molecule has 1 aromatic rings. The number of halogens is 1. The van der Waals surface area contributed by atoms with Gasteiger partial charge in [-0.1, -0.05) is 23.7 Å².